The summed E-state index contributed by atoms with van der Waals surface area (Å²) in [5.74, 6) is 0.345. The minimum Gasteiger partial charge on any atom is -0.496 e. The minimum atomic E-state index is -0.226. The van der Waals surface area contributed by atoms with Gasteiger partial charge in [-0.25, -0.2) is 0 Å². The fourth-order valence-electron chi connectivity index (χ4n) is 1.35. The number of hydrogen-bond donors (Lipinski definition) is 1. The largest absolute Gasteiger partial charge is 0.496 e. The molecule has 0 saturated heterocycles. The molecule has 4 nitrogen and oxygen atoms in total. The Hall–Kier alpha value is -1.07. The van der Waals surface area contributed by atoms with Gasteiger partial charge in [0.25, 0.3) is 5.91 Å². The molecule has 0 heterocycles. The van der Waals surface area contributed by atoms with Gasteiger partial charge in [0.05, 0.1) is 25.3 Å². The molecule has 5 heteroatoms. The lowest BCUT2D eigenvalue weighted by molar-refractivity contribution is 0.0679. The number of benzene rings is 1. The van der Waals surface area contributed by atoms with Gasteiger partial charge in [-0.15, -0.1) is 0 Å². The molecule has 1 amide bonds. The van der Waals surface area contributed by atoms with Crippen molar-refractivity contribution in [1.29, 1.82) is 0 Å². The third-order valence-electron chi connectivity index (χ3n) is 2.64. The van der Waals surface area contributed by atoms with E-state index in [1.165, 1.54) is 12.0 Å². The Balaban J connectivity index is 3.03. The number of aliphatic hydroxyl groups is 1. The molecular formula is C12H16BrNO3. The van der Waals surface area contributed by atoms with Crippen LogP contribution < -0.4 is 4.74 Å². The lowest BCUT2D eigenvalue weighted by Crippen LogP contribution is -2.37. The number of likely N-dealkylation sites (N-methyl/N-ethyl adjacent to an activating group) is 1. The molecule has 0 saturated carbocycles. The Labute approximate surface area is 109 Å². The number of ether oxygens (including phenoxy) is 1. The number of halogens is 1. The maximum absolute atomic E-state index is 12.2. The van der Waals surface area contributed by atoms with Gasteiger partial charge in [-0.3, -0.25) is 4.79 Å². The maximum Gasteiger partial charge on any atom is 0.257 e. The Bertz CT molecular complexity index is 409. The molecule has 1 atom stereocenters. The molecule has 0 radical (unpaired) electrons. The summed E-state index contributed by atoms with van der Waals surface area (Å²) in [7, 11) is 3.18. The number of hydrogen-bond acceptors (Lipinski definition) is 3. The molecule has 0 aliphatic rings. The second kappa shape index (κ2) is 6.02. The molecular weight excluding hydrogens is 286 g/mol. The number of methoxy groups -OCH3 is 1. The Morgan fingerprint density at radius 3 is 2.76 bits per heavy atom. The van der Waals surface area contributed by atoms with E-state index < -0.39 is 0 Å². The van der Waals surface area contributed by atoms with Crippen molar-refractivity contribution in [3.63, 3.8) is 0 Å². The first kappa shape index (κ1) is 14.0. The average Bonchev–Trinajstić information content (AvgIpc) is 2.35. The van der Waals surface area contributed by atoms with Crippen LogP contribution in [0.1, 0.15) is 17.3 Å². The van der Waals surface area contributed by atoms with Gasteiger partial charge in [0.1, 0.15) is 5.75 Å². The van der Waals surface area contributed by atoms with Gasteiger partial charge in [0, 0.05) is 11.5 Å². The zero-order valence-corrected chi connectivity index (χ0v) is 11.7. The van der Waals surface area contributed by atoms with Crippen molar-refractivity contribution >= 4 is 21.8 Å². The molecule has 1 rings (SSSR count). The van der Waals surface area contributed by atoms with Gasteiger partial charge in [-0.05, 0) is 25.1 Å². The Morgan fingerprint density at radius 1 is 1.59 bits per heavy atom. The van der Waals surface area contributed by atoms with E-state index in [0.717, 1.165) is 4.47 Å². The van der Waals surface area contributed by atoms with Crippen LogP contribution >= 0.6 is 15.9 Å². The van der Waals surface area contributed by atoms with Crippen LogP contribution in [0.25, 0.3) is 0 Å². The van der Waals surface area contributed by atoms with Crippen LogP contribution in [0.3, 0.4) is 0 Å². The van der Waals surface area contributed by atoms with E-state index in [2.05, 4.69) is 15.9 Å². The van der Waals surface area contributed by atoms with Crippen LogP contribution in [-0.4, -0.2) is 42.7 Å². The van der Waals surface area contributed by atoms with E-state index >= 15 is 0 Å². The van der Waals surface area contributed by atoms with Gasteiger partial charge in [0.15, 0.2) is 0 Å². The maximum atomic E-state index is 12.2. The lowest BCUT2D eigenvalue weighted by Gasteiger charge is -2.24. The number of amides is 1. The highest BCUT2D eigenvalue weighted by Gasteiger charge is 2.20. The predicted molar refractivity (Wildman–Crippen MR) is 69.3 cm³/mol. The molecule has 0 aliphatic carbocycles. The molecule has 17 heavy (non-hydrogen) atoms. The third kappa shape index (κ3) is 3.20. The van der Waals surface area contributed by atoms with E-state index in [0.29, 0.717) is 11.3 Å². The summed E-state index contributed by atoms with van der Waals surface area (Å²) < 4.78 is 6.02. The number of carbonyl (C=O) groups excluding carboxylic acids is 1. The van der Waals surface area contributed by atoms with Gasteiger partial charge in [-0.1, -0.05) is 15.9 Å². The third-order valence-corrected chi connectivity index (χ3v) is 3.13. The zero-order chi connectivity index (χ0) is 13.0. The first-order valence-corrected chi connectivity index (χ1v) is 6.02. The van der Waals surface area contributed by atoms with Crippen LogP contribution in [-0.2, 0) is 0 Å². The minimum absolute atomic E-state index is 0.0684. The van der Waals surface area contributed by atoms with Crippen molar-refractivity contribution in [3.8, 4) is 5.75 Å². The standard InChI is InChI=1S/C12H16BrNO3/c1-8(7-15)14(2)12(16)10-5-4-9(13)6-11(10)17-3/h4-6,8,15H,7H2,1-3H3. The molecule has 0 bridgehead atoms. The van der Waals surface area contributed by atoms with Crippen LogP contribution in [0.15, 0.2) is 22.7 Å². The molecule has 1 N–H and O–H groups in total. The van der Waals surface area contributed by atoms with Crippen LogP contribution in [0.2, 0.25) is 0 Å². The number of nitrogens with zero attached hydrogens (tertiary/aromatic N) is 1. The van der Waals surface area contributed by atoms with E-state index in [1.807, 2.05) is 0 Å². The summed E-state index contributed by atoms with van der Waals surface area (Å²) in [4.78, 5) is 13.6. The van der Waals surface area contributed by atoms with Crippen molar-refractivity contribution in [3.05, 3.63) is 28.2 Å². The van der Waals surface area contributed by atoms with E-state index in [1.54, 1.807) is 32.2 Å². The molecule has 94 valence electrons. The quantitative estimate of drug-likeness (QED) is 0.924. The van der Waals surface area contributed by atoms with Gasteiger partial charge < -0.3 is 14.7 Å². The summed E-state index contributed by atoms with van der Waals surface area (Å²) in [5, 5.41) is 9.04. The van der Waals surface area contributed by atoms with E-state index in [-0.39, 0.29) is 18.6 Å². The molecule has 0 aliphatic heterocycles. The highest BCUT2D eigenvalue weighted by Crippen LogP contribution is 2.24. The topological polar surface area (TPSA) is 49.8 Å². The lowest BCUT2D eigenvalue weighted by atomic mass is 10.1. The summed E-state index contributed by atoms with van der Waals surface area (Å²) in [6.07, 6.45) is 0. The SMILES string of the molecule is COc1cc(Br)ccc1C(=O)N(C)C(C)CO. The monoisotopic (exact) mass is 301 g/mol. The van der Waals surface area contributed by atoms with Crippen LogP contribution in [0.5, 0.6) is 5.75 Å². The molecule has 0 fully saturated rings. The van der Waals surface area contributed by atoms with Crippen LogP contribution in [0.4, 0.5) is 0 Å². The highest BCUT2D eigenvalue weighted by atomic mass is 79.9. The smallest absolute Gasteiger partial charge is 0.257 e. The predicted octanol–water partition coefficient (Wildman–Crippen LogP) is 1.91. The van der Waals surface area contributed by atoms with Gasteiger partial charge >= 0.3 is 0 Å². The van der Waals surface area contributed by atoms with E-state index in [9.17, 15) is 4.79 Å². The summed E-state index contributed by atoms with van der Waals surface area (Å²) in [6, 6.07) is 5.00. The highest BCUT2D eigenvalue weighted by molar-refractivity contribution is 9.10. The molecule has 0 spiro atoms. The number of aliphatic hydroxyl groups excluding tert-OH is 1. The van der Waals surface area contributed by atoms with Crippen molar-refractivity contribution in [2.24, 2.45) is 0 Å². The van der Waals surface area contributed by atoms with Crippen molar-refractivity contribution in [2.75, 3.05) is 20.8 Å². The van der Waals surface area contributed by atoms with Crippen molar-refractivity contribution < 1.29 is 14.6 Å². The number of rotatable bonds is 4. The first-order valence-electron chi connectivity index (χ1n) is 5.22. The normalized spacial score (nSPS) is 12.1. The first-order chi connectivity index (χ1) is 8.01. The summed E-state index contributed by atoms with van der Waals surface area (Å²) in [6.45, 7) is 1.71. The molecule has 1 unspecified atom stereocenters. The van der Waals surface area contributed by atoms with Gasteiger partial charge in [0.2, 0.25) is 0 Å². The molecule has 1 aromatic carbocycles. The Morgan fingerprint density at radius 2 is 2.24 bits per heavy atom. The second-order valence-corrected chi connectivity index (χ2v) is 4.71. The van der Waals surface area contributed by atoms with E-state index in [4.69, 9.17) is 9.84 Å². The second-order valence-electron chi connectivity index (χ2n) is 3.79. The van der Waals surface area contributed by atoms with Crippen LogP contribution in [0, 0.1) is 0 Å². The fraction of sp³-hybridized carbons (Fsp3) is 0.417. The number of carbonyl (C=O) groups is 1. The summed E-state index contributed by atoms with van der Waals surface area (Å²) >= 11 is 3.32. The summed E-state index contributed by atoms with van der Waals surface area (Å²) in [5.41, 5.74) is 0.485. The van der Waals surface area contributed by atoms with Crippen molar-refractivity contribution in [2.45, 2.75) is 13.0 Å². The van der Waals surface area contributed by atoms with Gasteiger partial charge in [-0.2, -0.15) is 0 Å². The molecule has 1 aromatic rings. The Kier molecular flexibility index (Phi) is 4.96. The van der Waals surface area contributed by atoms with Crippen molar-refractivity contribution in [1.82, 2.24) is 4.90 Å². The molecule has 0 aromatic heterocycles. The zero-order valence-electron chi connectivity index (χ0n) is 10.1. The fourth-order valence-corrected chi connectivity index (χ4v) is 1.69. The average molecular weight is 302 g/mol.